The highest BCUT2D eigenvalue weighted by atomic mass is 16.6. The number of hydrogen-bond acceptors (Lipinski definition) is 4. The van der Waals surface area contributed by atoms with Crippen molar-refractivity contribution in [3.05, 3.63) is 0 Å². The number of amides is 1. The predicted molar refractivity (Wildman–Crippen MR) is 55.4 cm³/mol. The van der Waals surface area contributed by atoms with Crippen LogP contribution < -0.4 is 5.73 Å². The molecule has 2 atom stereocenters. The zero-order valence-corrected chi connectivity index (χ0v) is 9.23. The molecule has 1 saturated heterocycles. The molecular formula is C10H18N2O3. The van der Waals surface area contributed by atoms with E-state index in [1.54, 1.807) is 6.92 Å². The van der Waals surface area contributed by atoms with Crippen LogP contribution in [0.2, 0.25) is 0 Å². The minimum Gasteiger partial charge on any atom is -0.446 e. The van der Waals surface area contributed by atoms with Crippen LogP contribution in [0.1, 0.15) is 26.7 Å². The molecule has 0 aromatic heterocycles. The average Bonchev–Trinajstić information content (AvgIpc) is 2.08. The SMILES string of the molecule is CC(=O)CN1CCC(OC(N)=O)CC1C. The Kier molecular flexibility index (Phi) is 4.08. The van der Waals surface area contributed by atoms with Gasteiger partial charge in [0.25, 0.3) is 0 Å². The Bertz CT molecular complexity index is 255. The fourth-order valence-electron chi connectivity index (χ4n) is 1.97. The van der Waals surface area contributed by atoms with Crippen LogP contribution in [-0.4, -0.2) is 42.0 Å². The molecule has 1 rings (SSSR count). The number of carbonyl (C=O) groups is 2. The molecule has 86 valence electrons. The van der Waals surface area contributed by atoms with Crippen molar-refractivity contribution >= 4 is 11.9 Å². The molecule has 5 heteroatoms. The Morgan fingerprint density at radius 2 is 2.20 bits per heavy atom. The van der Waals surface area contributed by atoms with Gasteiger partial charge in [-0.2, -0.15) is 0 Å². The van der Waals surface area contributed by atoms with Gasteiger partial charge in [0, 0.05) is 12.6 Å². The number of rotatable bonds is 3. The number of ketones is 1. The van der Waals surface area contributed by atoms with Gasteiger partial charge in [0.2, 0.25) is 0 Å². The van der Waals surface area contributed by atoms with Gasteiger partial charge in [-0.25, -0.2) is 4.79 Å². The van der Waals surface area contributed by atoms with E-state index in [-0.39, 0.29) is 17.9 Å². The first-order valence-electron chi connectivity index (χ1n) is 5.18. The van der Waals surface area contributed by atoms with Crippen LogP contribution in [0.5, 0.6) is 0 Å². The topological polar surface area (TPSA) is 72.6 Å². The first-order valence-corrected chi connectivity index (χ1v) is 5.18. The molecular weight excluding hydrogens is 196 g/mol. The second-order valence-electron chi connectivity index (χ2n) is 4.10. The fourth-order valence-corrected chi connectivity index (χ4v) is 1.97. The van der Waals surface area contributed by atoms with Gasteiger partial charge in [-0.15, -0.1) is 0 Å². The van der Waals surface area contributed by atoms with E-state index >= 15 is 0 Å². The molecule has 1 heterocycles. The lowest BCUT2D eigenvalue weighted by molar-refractivity contribution is -0.119. The number of ether oxygens (including phenoxy) is 1. The number of piperidine rings is 1. The number of hydrogen-bond donors (Lipinski definition) is 1. The molecule has 1 aliphatic rings. The molecule has 0 spiro atoms. The van der Waals surface area contributed by atoms with Crippen molar-refractivity contribution in [2.24, 2.45) is 5.73 Å². The van der Waals surface area contributed by atoms with Crippen molar-refractivity contribution < 1.29 is 14.3 Å². The zero-order valence-electron chi connectivity index (χ0n) is 9.23. The Labute approximate surface area is 89.6 Å². The minimum absolute atomic E-state index is 0.0966. The van der Waals surface area contributed by atoms with Gasteiger partial charge in [0.15, 0.2) is 0 Å². The average molecular weight is 214 g/mol. The number of primary amides is 1. The fraction of sp³-hybridized carbons (Fsp3) is 0.800. The number of carbonyl (C=O) groups excluding carboxylic acids is 2. The van der Waals surface area contributed by atoms with Gasteiger partial charge in [-0.05, 0) is 26.7 Å². The summed E-state index contributed by atoms with van der Waals surface area (Å²) in [5.74, 6) is 0.163. The van der Waals surface area contributed by atoms with E-state index in [1.807, 2.05) is 6.92 Å². The Balaban J connectivity index is 2.40. The lowest BCUT2D eigenvalue weighted by Gasteiger charge is -2.36. The van der Waals surface area contributed by atoms with Crippen molar-refractivity contribution in [3.63, 3.8) is 0 Å². The maximum Gasteiger partial charge on any atom is 0.404 e. The van der Waals surface area contributed by atoms with Crippen LogP contribution in [-0.2, 0) is 9.53 Å². The summed E-state index contributed by atoms with van der Waals surface area (Å²) in [4.78, 5) is 23.6. The van der Waals surface area contributed by atoms with Gasteiger partial charge in [-0.3, -0.25) is 9.69 Å². The minimum atomic E-state index is -0.716. The van der Waals surface area contributed by atoms with Crippen LogP contribution >= 0.6 is 0 Å². The van der Waals surface area contributed by atoms with E-state index in [2.05, 4.69) is 4.90 Å². The lowest BCUT2D eigenvalue weighted by atomic mass is 10.0. The molecule has 15 heavy (non-hydrogen) atoms. The summed E-state index contributed by atoms with van der Waals surface area (Å²) >= 11 is 0. The third-order valence-corrected chi connectivity index (χ3v) is 2.67. The highest BCUT2D eigenvalue weighted by Gasteiger charge is 2.27. The van der Waals surface area contributed by atoms with Crippen LogP contribution in [0, 0.1) is 0 Å². The maximum atomic E-state index is 11.0. The van der Waals surface area contributed by atoms with E-state index < -0.39 is 6.09 Å². The van der Waals surface area contributed by atoms with Crippen molar-refractivity contribution in [2.45, 2.75) is 38.8 Å². The van der Waals surface area contributed by atoms with Crippen molar-refractivity contribution in [1.29, 1.82) is 0 Å². The van der Waals surface area contributed by atoms with Gasteiger partial charge in [0.1, 0.15) is 11.9 Å². The number of likely N-dealkylation sites (tertiary alicyclic amines) is 1. The number of nitrogens with zero attached hydrogens (tertiary/aromatic N) is 1. The Morgan fingerprint density at radius 1 is 1.53 bits per heavy atom. The molecule has 1 fully saturated rings. The van der Waals surface area contributed by atoms with Crippen molar-refractivity contribution in [2.75, 3.05) is 13.1 Å². The Hall–Kier alpha value is -1.10. The highest BCUT2D eigenvalue weighted by molar-refractivity contribution is 5.77. The second-order valence-corrected chi connectivity index (χ2v) is 4.10. The summed E-state index contributed by atoms with van der Waals surface area (Å²) in [5, 5.41) is 0. The first kappa shape index (κ1) is 12.0. The zero-order chi connectivity index (χ0) is 11.4. The molecule has 2 unspecified atom stereocenters. The quantitative estimate of drug-likeness (QED) is 0.743. The van der Waals surface area contributed by atoms with E-state index in [0.717, 1.165) is 19.4 Å². The normalized spacial score (nSPS) is 27.3. The molecule has 1 amide bonds. The standard InChI is InChI=1S/C10H18N2O3/c1-7-5-9(15-10(11)14)3-4-12(7)6-8(2)13/h7,9H,3-6H2,1-2H3,(H2,11,14). The molecule has 0 aromatic carbocycles. The Morgan fingerprint density at radius 3 is 2.67 bits per heavy atom. The van der Waals surface area contributed by atoms with Gasteiger partial charge in [0.05, 0.1) is 6.54 Å². The summed E-state index contributed by atoms with van der Waals surface area (Å²) < 4.78 is 4.94. The van der Waals surface area contributed by atoms with E-state index in [4.69, 9.17) is 10.5 Å². The highest BCUT2D eigenvalue weighted by Crippen LogP contribution is 2.19. The van der Waals surface area contributed by atoms with Gasteiger partial charge in [-0.1, -0.05) is 0 Å². The molecule has 0 bridgehead atoms. The van der Waals surface area contributed by atoms with E-state index in [0.29, 0.717) is 6.54 Å². The summed E-state index contributed by atoms with van der Waals surface area (Å²) in [6.07, 6.45) is 0.685. The van der Waals surface area contributed by atoms with Gasteiger partial charge >= 0.3 is 6.09 Å². The molecule has 5 nitrogen and oxygen atoms in total. The van der Waals surface area contributed by atoms with Crippen LogP contribution in [0.25, 0.3) is 0 Å². The number of nitrogens with two attached hydrogens (primary N) is 1. The summed E-state index contributed by atoms with van der Waals surface area (Å²) in [6, 6.07) is 0.256. The summed E-state index contributed by atoms with van der Waals surface area (Å²) in [7, 11) is 0. The summed E-state index contributed by atoms with van der Waals surface area (Å²) in [6.45, 7) is 4.86. The third-order valence-electron chi connectivity index (χ3n) is 2.67. The van der Waals surface area contributed by atoms with Crippen molar-refractivity contribution in [1.82, 2.24) is 4.90 Å². The van der Waals surface area contributed by atoms with Gasteiger partial charge < -0.3 is 10.5 Å². The second kappa shape index (κ2) is 5.11. The smallest absolute Gasteiger partial charge is 0.404 e. The predicted octanol–water partition coefficient (Wildman–Crippen LogP) is 0.524. The molecule has 1 aliphatic heterocycles. The molecule has 2 N–H and O–H groups in total. The van der Waals surface area contributed by atoms with E-state index in [1.165, 1.54) is 0 Å². The third kappa shape index (κ3) is 3.87. The van der Waals surface area contributed by atoms with Crippen LogP contribution in [0.4, 0.5) is 4.79 Å². The largest absolute Gasteiger partial charge is 0.446 e. The molecule has 0 aliphatic carbocycles. The maximum absolute atomic E-state index is 11.0. The van der Waals surface area contributed by atoms with Crippen LogP contribution in [0.3, 0.4) is 0 Å². The monoisotopic (exact) mass is 214 g/mol. The van der Waals surface area contributed by atoms with E-state index in [9.17, 15) is 9.59 Å². The summed E-state index contributed by atoms with van der Waals surface area (Å²) in [5.41, 5.74) is 4.96. The number of Topliss-reactive ketones (excluding diaryl/α,β-unsaturated/α-hetero) is 1. The molecule has 0 radical (unpaired) electrons. The van der Waals surface area contributed by atoms with Crippen molar-refractivity contribution in [3.8, 4) is 0 Å². The first-order chi connectivity index (χ1) is 6.99. The lowest BCUT2D eigenvalue weighted by Crippen LogP contribution is -2.46. The van der Waals surface area contributed by atoms with Crippen LogP contribution in [0.15, 0.2) is 0 Å². The molecule has 0 saturated carbocycles. The molecule has 0 aromatic rings.